The van der Waals surface area contributed by atoms with E-state index < -0.39 is 0 Å². The van der Waals surface area contributed by atoms with Crippen molar-refractivity contribution in [3.8, 4) is 0 Å². The average molecular weight is 241 g/mol. The molecule has 0 unspecified atom stereocenters. The Morgan fingerprint density at radius 1 is 1.24 bits per heavy atom. The highest BCUT2D eigenvalue weighted by Gasteiger charge is 2.19. The molecule has 2 fully saturated rings. The standard InChI is InChI=1S/C13H23NO3/c15-13(11-12-3-1-2-4-12)17-10-7-14-5-8-16-9-6-14/h12H,1-11H2. The maximum Gasteiger partial charge on any atom is 0.306 e. The van der Waals surface area contributed by atoms with E-state index in [1.54, 1.807) is 0 Å². The molecule has 0 N–H and O–H groups in total. The Balaban J connectivity index is 1.53. The number of esters is 1. The van der Waals surface area contributed by atoms with Gasteiger partial charge in [-0.05, 0) is 18.8 Å². The van der Waals surface area contributed by atoms with Gasteiger partial charge in [-0.15, -0.1) is 0 Å². The fraction of sp³-hybridized carbons (Fsp3) is 0.923. The van der Waals surface area contributed by atoms with E-state index in [4.69, 9.17) is 9.47 Å². The summed E-state index contributed by atoms with van der Waals surface area (Å²) < 4.78 is 10.6. The Morgan fingerprint density at radius 3 is 2.65 bits per heavy atom. The molecule has 0 bridgehead atoms. The molecule has 0 aromatic rings. The molecule has 1 saturated heterocycles. The SMILES string of the molecule is O=C(CC1CCCC1)OCCN1CCOCC1. The zero-order valence-corrected chi connectivity index (χ0v) is 10.5. The molecule has 0 spiro atoms. The van der Waals surface area contributed by atoms with Crippen molar-refractivity contribution in [1.29, 1.82) is 0 Å². The molecule has 0 aromatic carbocycles. The first-order valence-electron chi connectivity index (χ1n) is 6.80. The van der Waals surface area contributed by atoms with E-state index in [2.05, 4.69) is 4.90 Å². The molecular weight excluding hydrogens is 218 g/mol. The molecule has 0 atom stereocenters. The lowest BCUT2D eigenvalue weighted by Crippen LogP contribution is -2.38. The van der Waals surface area contributed by atoms with Crippen molar-refractivity contribution in [3.63, 3.8) is 0 Å². The van der Waals surface area contributed by atoms with Gasteiger partial charge in [0.25, 0.3) is 0 Å². The number of carbonyl (C=O) groups is 1. The summed E-state index contributed by atoms with van der Waals surface area (Å²) in [6.07, 6.45) is 5.61. The Bertz CT molecular complexity index is 233. The van der Waals surface area contributed by atoms with Gasteiger partial charge in [0.1, 0.15) is 6.61 Å². The minimum absolute atomic E-state index is 0.00911. The van der Waals surface area contributed by atoms with Gasteiger partial charge in [-0.25, -0.2) is 0 Å². The first kappa shape index (κ1) is 12.8. The van der Waals surface area contributed by atoms with Gasteiger partial charge in [-0.3, -0.25) is 9.69 Å². The topological polar surface area (TPSA) is 38.8 Å². The van der Waals surface area contributed by atoms with Gasteiger partial charge in [0.05, 0.1) is 13.2 Å². The second-order valence-corrected chi connectivity index (χ2v) is 5.03. The maximum absolute atomic E-state index is 11.6. The lowest BCUT2D eigenvalue weighted by Gasteiger charge is -2.26. The molecule has 1 aliphatic heterocycles. The molecule has 0 aromatic heterocycles. The van der Waals surface area contributed by atoms with E-state index >= 15 is 0 Å². The van der Waals surface area contributed by atoms with Crippen LogP contribution in [0.2, 0.25) is 0 Å². The van der Waals surface area contributed by atoms with Gasteiger partial charge < -0.3 is 9.47 Å². The number of nitrogens with zero attached hydrogens (tertiary/aromatic N) is 1. The van der Waals surface area contributed by atoms with Crippen molar-refractivity contribution in [2.24, 2.45) is 5.92 Å². The van der Waals surface area contributed by atoms with Gasteiger partial charge in [0.2, 0.25) is 0 Å². The first-order valence-corrected chi connectivity index (χ1v) is 6.80. The van der Waals surface area contributed by atoms with Gasteiger partial charge in [0.15, 0.2) is 0 Å². The summed E-state index contributed by atoms with van der Waals surface area (Å²) in [7, 11) is 0. The summed E-state index contributed by atoms with van der Waals surface area (Å²) in [5, 5.41) is 0. The third-order valence-electron chi connectivity index (χ3n) is 3.70. The second kappa shape index (κ2) is 6.97. The van der Waals surface area contributed by atoms with Crippen LogP contribution >= 0.6 is 0 Å². The third-order valence-corrected chi connectivity index (χ3v) is 3.70. The summed E-state index contributed by atoms with van der Waals surface area (Å²) in [4.78, 5) is 13.9. The van der Waals surface area contributed by atoms with Gasteiger partial charge in [-0.1, -0.05) is 12.8 Å². The van der Waals surface area contributed by atoms with Crippen LogP contribution in [0.1, 0.15) is 32.1 Å². The monoisotopic (exact) mass is 241 g/mol. The summed E-state index contributed by atoms with van der Waals surface area (Å²) in [5.41, 5.74) is 0. The lowest BCUT2D eigenvalue weighted by atomic mass is 10.1. The Morgan fingerprint density at radius 2 is 1.94 bits per heavy atom. The van der Waals surface area contributed by atoms with Crippen LogP contribution in [-0.2, 0) is 14.3 Å². The third kappa shape index (κ3) is 4.64. The quantitative estimate of drug-likeness (QED) is 0.683. The molecule has 4 heteroatoms. The predicted molar refractivity (Wildman–Crippen MR) is 64.8 cm³/mol. The summed E-state index contributed by atoms with van der Waals surface area (Å²) >= 11 is 0. The molecule has 1 aliphatic carbocycles. The number of morpholine rings is 1. The van der Waals surface area contributed by atoms with Gasteiger partial charge in [-0.2, -0.15) is 0 Å². The minimum Gasteiger partial charge on any atom is -0.464 e. The van der Waals surface area contributed by atoms with Crippen LogP contribution < -0.4 is 0 Å². The highest BCUT2D eigenvalue weighted by Crippen LogP contribution is 2.27. The van der Waals surface area contributed by atoms with Crippen LogP contribution in [0, 0.1) is 5.92 Å². The average Bonchev–Trinajstić information content (AvgIpc) is 2.83. The van der Waals surface area contributed by atoms with Crippen LogP contribution in [-0.4, -0.2) is 50.3 Å². The fourth-order valence-corrected chi connectivity index (χ4v) is 2.62. The molecule has 1 heterocycles. The predicted octanol–water partition coefficient (Wildman–Crippen LogP) is 1.44. The molecule has 17 heavy (non-hydrogen) atoms. The highest BCUT2D eigenvalue weighted by molar-refractivity contribution is 5.69. The largest absolute Gasteiger partial charge is 0.464 e. The highest BCUT2D eigenvalue weighted by atomic mass is 16.5. The number of hydrogen-bond acceptors (Lipinski definition) is 4. The maximum atomic E-state index is 11.6. The van der Waals surface area contributed by atoms with E-state index in [0.717, 1.165) is 32.8 Å². The molecule has 2 rings (SSSR count). The molecular formula is C13H23NO3. The van der Waals surface area contributed by atoms with E-state index in [0.29, 0.717) is 18.9 Å². The number of carbonyl (C=O) groups excluding carboxylic acids is 1. The van der Waals surface area contributed by atoms with Crippen molar-refractivity contribution in [2.45, 2.75) is 32.1 Å². The molecule has 4 nitrogen and oxygen atoms in total. The number of rotatable bonds is 5. The van der Waals surface area contributed by atoms with Crippen LogP contribution in [0.25, 0.3) is 0 Å². The van der Waals surface area contributed by atoms with Gasteiger partial charge >= 0.3 is 5.97 Å². The van der Waals surface area contributed by atoms with Crippen molar-refractivity contribution in [3.05, 3.63) is 0 Å². The summed E-state index contributed by atoms with van der Waals surface area (Å²) in [6, 6.07) is 0. The Labute approximate surface area is 103 Å². The summed E-state index contributed by atoms with van der Waals surface area (Å²) in [5.74, 6) is 0.580. The lowest BCUT2D eigenvalue weighted by molar-refractivity contribution is -0.145. The second-order valence-electron chi connectivity index (χ2n) is 5.03. The fourth-order valence-electron chi connectivity index (χ4n) is 2.62. The van der Waals surface area contributed by atoms with Crippen molar-refractivity contribution >= 4 is 5.97 Å². The normalized spacial score (nSPS) is 22.8. The van der Waals surface area contributed by atoms with Gasteiger partial charge in [0, 0.05) is 26.1 Å². The van der Waals surface area contributed by atoms with E-state index in [1.165, 1.54) is 25.7 Å². The van der Waals surface area contributed by atoms with Crippen LogP contribution in [0.15, 0.2) is 0 Å². The zero-order valence-electron chi connectivity index (χ0n) is 10.5. The molecule has 0 radical (unpaired) electrons. The smallest absolute Gasteiger partial charge is 0.306 e. The summed E-state index contributed by atoms with van der Waals surface area (Å²) in [6.45, 7) is 4.90. The van der Waals surface area contributed by atoms with Crippen molar-refractivity contribution < 1.29 is 14.3 Å². The Hall–Kier alpha value is -0.610. The number of ether oxygens (including phenoxy) is 2. The van der Waals surface area contributed by atoms with Crippen molar-refractivity contribution in [2.75, 3.05) is 39.5 Å². The zero-order chi connectivity index (χ0) is 11.9. The Kier molecular flexibility index (Phi) is 5.26. The molecule has 2 aliphatic rings. The molecule has 1 saturated carbocycles. The first-order chi connectivity index (χ1) is 8.34. The van der Waals surface area contributed by atoms with E-state index in [9.17, 15) is 4.79 Å². The number of hydrogen-bond donors (Lipinski definition) is 0. The molecule has 0 amide bonds. The van der Waals surface area contributed by atoms with Crippen LogP contribution in [0.4, 0.5) is 0 Å². The van der Waals surface area contributed by atoms with E-state index in [-0.39, 0.29) is 5.97 Å². The van der Waals surface area contributed by atoms with Crippen molar-refractivity contribution in [1.82, 2.24) is 4.90 Å². The molecule has 98 valence electrons. The minimum atomic E-state index is -0.00911. The van der Waals surface area contributed by atoms with E-state index in [1.807, 2.05) is 0 Å². The van der Waals surface area contributed by atoms with Crippen LogP contribution in [0.3, 0.4) is 0 Å². The van der Waals surface area contributed by atoms with Crippen LogP contribution in [0.5, 0.6) is 0 Å².